The van der Waals surface area contributed by atoms with Gasteiger partial charge in [0.15, 0.2) is 11.5 Å². The topological polar surface area (TPSA) is 99.8 Å². The molecule has 0 spiro atoms. The summed E-state index contributed by atoms with van der Waals surface area (Å²) in [6, 6.07) is 5.42. The van der Waals surface area contributed by atoms with E-state index in [0.717, 1.165) is 42.5 Å². The number of carbonyl (C=O) groups is 1. The number of methoxy groups -OCH3 is 2. The third-order valence-corrected chi connectivity index (χ3v) is 5.15. The third-order valence-electron chi connectivity index (χ3n) is 5.15. The molecular weight excluding hydrogens is 374 g/mol. The highest BCUT2D eigenvalue weighted by Gasteiger charge is 2.20. The number of hydrogen-bond donors (Lipinski definition) is 1. The molecule has 0 fully saturated rings. The molecule has 0 aliphatic heterocycles. The van der Waals surface area contributed by atoms with Crippen LogP contribution in [0, 0.1) is 0 Å². The molecule has 9 heteroatoms. The van der Waals surface area contributed by atoms with Crippen molar-refractivity contribution in [3.63, 3.8) is 0 Å². The van der Waals surface area contributed by atoms with E-state index in [-0.39, 0.29) is 18.0 Å². The van der Waals surface area contributed by atoms with Crippen molar-refractivity contribution in [2.75, 3.05) is 14.2 Å². The fourth-order valence-electron chi connectivity index (χ4n) is 3.67. The Balaban J connectivity index is 1.48. The lowest BCUT2D eigenvalue weighted by Gasteiger charge is -2.11. The number of ether oxygens (including phenoxy) is 2. The van der Waals surface area contributed by atoms with Gasteiger partial charge in [-0.15, -0.1) is 0 Å². The van der Waals surface area contributed by atoms with Crippen molar-refractivity contribution < 1.29 is 14.3 Å². The maximum Gasteiger partial charge on any atom is 0.293 e. The largest absolute Gasteiger partial charge is 0.493 e. The number of rotatable bonds is 6. The zero-order chi connectivity index (χ0) is 20.4. The lowest BCUT2D eigenvalue weighted by Crippen LogP contribution is -2.34. The summed E-state index contributed by atoms with van der Waals surface area (Å²) in [5, 5.41) is 11.4. The fraction of sp³-hybridized carbons (Fsp3) is 0.400. The highest BCUT2D eigenvalue weighted by atomic mass is 16.5. The summed E-state index contributed by atoms with van der Waals surface area (Å²) < 4.78 is 13.2. The summed E-state index contributed by atoms with van der Waals surface area (Å²) in [7, 11) is 3.13. The smallest absolute Gasteiger partial charge is 0.293 e. The molecule has 0 bridgehead atoms. The molecule has 0 unspecified atom stereocenters. The second-order valence-corrected chi connectivity index (χ2v) is 6.99. The summed E-state index contributed by atoms with van der Waals surface area (Å²) in [4.78, 5) is 25.2. The predicted octanol–water partition coefficient (Wildman–Crippen LogP) is 1.10. The highest BCUT2D eigenvalue weighted by Crippen LogP contribution is 2.27. The standard InChI is InChI=1S/C20H23N5O4/c1-28-16-8-7-13(9-17(16)29-2)10-21-18(26)11-24-20(27)19-14-5-3-4-6-15(14)23-25(19)12-22-24/h7-9,12H,3-6,10-11H2,1-2H3,(H,21,26). The van der Waals surface area contributed by atoms with Crippen molar-refractivity contribution in [3.05, 3.63) is 51.7 Å². The Hall–Kier alpha value is -3.36. The first-order valence-corrected chi connectivity index (χ1v) is 9.54. The molecule has 29 heavy (non-hydrogen) atoms. The van der Waals surface area contributed by atoms with Crippen molar-refractivity contribution in [1.29, 1.82) is 0 Å². The van der Waals surface area contributed by atoms with Gasteiger partial charge in [-0.25, -0.2) is 9.20 Å². The molecule has 4 rings (SSSR count). The van der Waals surface area contributed by atoms with Crippen LogP contribution in [0.15, 0.2) is 29.3 Å². The number of fused-ring (bicyclic) bond motifs is 3. The number of amides is 1. The predicted molar refractivity (Wildman–Crippen MR) is 105 cm³/mol. The molecule has 1 aliphatic rings. The maximum absolute atomic E-state index is 12.9. The zero-order valence-corrected chi connectivity index (χ0v) is 16.5. The molecule has 2 heterocycles. The fourth-order valence-corrected chi connectivity index (χ4v) is 3.67. The van der Waals surface area contributed by atoms with Crippen LogP contribution in [-0.2, 0) is 30.7 Å². The van der Waals surface area contributed by atoms with Crippen LogP contribution in [0.1, 0.15) is 29.7 Å². The van der Waals surface area contributed by atoms with Crippen molar-refractivity contribution in [1.82, 2.24) is 24.7 Å². The Morgan fingerprint density at radius 1 is 1.17 bits per heavy atom. The molecule has 1 N–H and O–H groups in total. The monoisotopic (exact) mass is 397 g/mol. The molecule has 3 aromatic rings. The third kappa shape index (κ3) is 3.67. The van der Waals surface area contributed by atoms with Crippen LogP contribution in [-0.4, -0.2) is 39.5 Å². The number of aryl methyl sites for hydroxylation is 2. The second-order valence-electron chi connectivity index (χ2n) is 6.99. The first kappa shape index (κ1) is 19.0. The van der Waals surface area contributed by atoms with Crippen molar-refractivity contribution in [2.45, 2.75) is 38.8 Å². The summed E-state index contributed by atoms with van der Waals surface area (Å²) in [5.74, 6) is 0.913. The van der Waals surface area contributed by atoms with Gasteiger partial charge in [0, 0.05) is 12.1 Å². The van der Waals surface area contributed by atoms with Gasteiger partial charge in [0.2, 0.25) is 5.91 Å². The summed E-state index contributed by atoms with van der Waals surface area (Å²) >= 11 is 0. The van der Waals surface area contributed by atoms with E-state index in [0.29, 0.717) is 23.6 Å². The molecule has 1 aliphatic carbocycles. The Bertz CT molecular complexity index is 1120. The minimum absolute atomic E-state index is 0.150. The van der Waals surface area contributed by atoms with Gasteiger partial charge in [-0.3, -0.25) is 9.59 Å². The van der Waals surface area contributed by atoms with E-state index in [4.69, 9.17) is 9.47 Å². The van der Waals surface area contributed by atoms with Crippen LogP contribution in [0.4, 0.5) is 0 Å². The van der Waals surface area contributed by atoms with Crippen molar-refractivity contribution >= 4 is 11.4 Å². The molecule has 0 atom stereocenters. The molecule has 2 aromatic heterocycles. The molecule has 0 radical (unpaired) electrons. The normalized spacial score (nSPS) is 13.2. The number of hydrogen-bond acceptors (Lipinski definition) is 6. The lowest BCUT2D eigenvalue weighted by molar-refractivity contribution is -0.122. The number of benzene rings is 1. The molecule has 0 saturated carbocycles. The van der Waals surface area contributed by atoms with Gasteiger partial charge >= 0.3 is 0 Å². The van der Waals surface area contributed by atoms with E-state index in [9.17, 15) is 9.59 Å². The van der Waals surface area contributed by atoms with Gasteiger partial charge in [-0.05, 0) is 43.4 Å². The quantitative estimate of drug-likeness (QED) is 0.669. The second kappa shape index (κ2) is 7.94. The van der Waals surface area contributed by atoms with E-state index >= 15 is 0 Å². The molecule has 152 valence electrons. The molecule has 9 nitrogen and oxygen atoms in total. The van der Waals surface area contributed by atoms with Crippen LogP contribution < -0.4 is 20.3 Å². The van der Waals surface area contributed by atoms with Gasteiger partial charge in [0.05, 0.1) is 19.9 Å². The van der Waals surface area contributed by atoms with E-state index in [1.54, 1.807) is 26.4 Å². The number of nitrogens with one attached hydrogen (secondary N) is 1. The minimum atomic E-state index is -0.299. The SMILES string of the molecule is COc1ccc(CNC(=O)Cn2ncn3nc4c(c3c2=O)CCCC4)cc1OC. The first-order chi connectivity index (χ1) is 14.1. The Labute approximate surface area is 167 Å². The summed E-state index contributed by atoms with van der Waals surface area (Å²) in [6.07, 6.45) is 5.33. The van der Waals surface area contributed by atoms with E-state index in [1.165, 1.54) is 15.5 Å². The van der Waals surface area contributed by atoms with Gasteiger partial charge in [0.1, 0.15) is 18.4 Å². The molecular formula is C20H23N5O4. The molecule has 0 saturated heterocycles. The van der Waals surface area contributed by atoms with E-state index in [2.05, 4.69) is 15.5 Å². The van der Waals surface area contributed by atoms with Gasteiger partial charge < -0.3 is 14.8 Å². The van der Waals surface area contributed by atoms with Gasteiger partial charge in [0.25, 0.3) is 5.56 Å². The first-order valence-electron chi connectivity index (χ1n) is 9.54. The summed E-state index contributed by atoms with van der Waals surface area (Å²) in [5.41, 5.74) is 3.05. The number of nitrogens with zero attached hydrogens (tertiary/aromatic N) is 4. The van der Waals surface area contributed by atoms with E-state index < -0.39 is 0 Å². The average Bonchev–Trinajstić information content (AvgIpc) is 3.13. The average molecular weight is 397 g/mol. The Kier molecular flexibility index (Phi) is 5.20. The summed E-state index contributed by atoms with van der Waals surface area (Å²) in [6.45, 7) is 0.154. The van der Waals surface area contributed by atoms with Crippen LogP contribution in [0.5, 0.6) is 11.5 Å². The Morgan fingerprint density at radius 2 is 1.97 bits per heavy atom. The Morgan fingerprint density at radius 3 is 2.76 bits per heavy atom. The van der Waals surface area contributed by atoms with Crippen LogP contribution in [0.2, 0.25) is 0 Å². The number of aromatic nitrogens is 4. The zero-order valence-electron chi connectivity index (χ0n) is 16.5. The van der Waals surface area contributed by atoms with Crippen LogP contribution >= 0.6 is 0 Å². The molecule has 1 amide bonds. The molecule has 1 aromatic carbocycles. The lowest BCUT2D eigenvalue weighted by atomic mass is 9.97. The van der Waals surface area contributed by atoms with Gasteiger partial charge in [-0.1, -0.05) is 6.07 Å². The highest BCUT2D eigenvalue weighted by molar-refractivity contribution is 5.75. The van der Waals surface area contributed by atoms with E-state index in [1.807, 2.05) is 6.07 Å². The maximum atomic E-state index is 12.9. The minimum Gasteiger partial charge on any atom is -0.493 e. The van der Waals surface area contributed by atoms with Crippen molar-refractivity contribution in [2.24, 2.45) is 0 Å². The van der Waals surface area contributed by atoms with Crippen LogP contribution in [0.25, 0.3) is 5.52 Å². The van der Waals surface area contributed by atoms with Gasteiger partial charge in [-0.2, -0.15) is 10.2 Å². The van der Waals surface area contributed by atoms with Crippen molar-refractivity contribution in [3.8, 4) is 11.5 Å². The van der Waals surface area contributed by atoms with Crippen LogP contribution in [0.3, 0.4) is 0 Å². The number of carbonyl (C=O) groups excluding carboxylic acids is 1.